The highest BCUT2D eigenvalue weighted by Crippen LogP contribution is 2.14. The molecule has 0 aliphatic carbocycles. The molecule has 0 aromatic heterocycles. The first-order valence-corrected chi connectivity index (χ1v) is 7.51. The third kappa shape index (κ3) is 6.20. The fourth-order valence-electron chi connectivity index (χ4n) is 2.29. The maximum atomic E-state index is 12.0. The molecule has 5 heteroatoms. The summed E-state index contributed by atoms with van der Waals surface area (Å²) >= 11 is 0. The lowest BCUT2D eigenvalue weighted by Crippen LogP contribution is -2.53. The first-order valence-electron chi connectivity index (χ1n) is 7.51. The molecule has 0 saturated carbocycles. The van der Waals surface area contributed by atoms with Gasteiger partial charge in [-0.05, 0) is 39.8 Å². The SMILES string of the molecule is CCCNC(C)(CCN(CC)C(C)COC)C(=O)OC. The molecule has 0 fully saturated rings. The maximum absolute atomic E-state index is 12.0. The number of esters is 1. The van der Waals surface area contributed by atoms with Crippen molar-refractivity contribution in [3.63, 3.8) is 0 Å². The molecular weight excluding hydrogens is 256 g/mol. The van der Waals surface area contributed by atoms with E-state index in [1.165, 1.54) is 7.11 Å². The summed E-state index contributed by atoms with van der Waals surface area (Å²) in [5.74, 6) is -0.193. The molecule has 2 unspecified atom stereocenters. The van der Waals surface area contributed by atoms with E-state index in [0.717, 1.165) is 32.5 Å². The minimum Gasteiger partial charge on any atom is -0.468 e. The fourth-order valence-corrected chi connectivity index (χ4v) is 2.29. The van der Waals surface area contributed by atoms with E-state index in [4.69, 9.17) is 9.47 Å². The van der Waals surface area contributed by atoms with Gasteiger partial charge in [0, 0.05) is 19.7 Å². The summed E-state index contributed by atoms with van der Waals surface area (Å²) in [7, 11) is 3.16. The minimum atomic E-state index is -0.620. The van der Waals surface area contributed by atoms with Crippen molar-refractivity contribution in [2.75, 3.05) is 40.5 Å². The van der Waals surface area contributed by atoms with Crippen molar-refractivity contribution in [1.29, 1.82) is 0 Å². The quantitative estimate of drug-likeness (QED) is 0.586. The molecule has 0 radical (unpaired) electrons. The van der Waals surface area contributed by atoms with Gasteiger partial charge in [-0.15, -0.1) is 0 Å². The summed E-state index contributed by atoms with van der Waals surface area (Å²) in [4.78, 5) is 14.3. The lowest BCUT2D eigenvalue weighted by Gasteiger charge is -2.33. The molecule has 0 aliphatic rings. The van der Waals surface area contributed by atoms with E-state index in [1.54, 1.807) is 7.11 Å². The second-order valence-corrected chi connectivity index (χ2v) is 5.43. The third-order valence-electron chi connectivity index (χ3n) is 3.74. The lowest BCUT2D eigenvalue weighted by molar-refractivity contribution is -0.148. The molecule has 0 aromatic carbocycles. The number of nitrogens with zero attached hydrogens (tertiary/aromatic N) is 1. The van der Waals surface area contributed by atoms with Crippen LogP contribution in [0.5, 0.6) is 0 Å². The summed E-state index contributed by atoms with van der Waals surface area (Å²) in [5, 5.41) is 3.31. The van der Waals surface area contributed by atoms with Gasteiger partial charge in [0.2, 0.25) is 0 Å². The lowest BCUT2D eigenvalue weighted by atomic mass is 9.97. The number of rotatable bonds is 11. The van der Waals surface area contributed by atoms with Gasteiger partial charge in [-0.2, -0.15) is 0 Å². The Morgan fingerprint density at radius 2 is 2.00 bits per heavy atom. The van der Waals surface area contributed by atoms with Crippen LogP contribution in [0.2, 0.25) is 0 Å². The van der Waals surface area contributed by atoms with Crippen molar-refractivity contribution in [2.45, 2.75) is 52.1 Å². The van der Waals surface area contributed by atoms with Crippen molar-refractivity contribution < 1.29 is 14.3 Å². The number of hydrogen-bond acceptors (Lipinski definition) is 5. The van der Waals surface area contributed by atoms with Crippen LogP contribution >= 0.6 is 0 Å². The van der Waals surface area contributed by atoms with Gasteiger partial charge >= 0.3 is 5.97 Å². The molecule has 0 amide bonds. The van der Waals surface area contributed by atoms with E-state index >= 15 is 0 Å². The van der Waals surface area contributed by atoms with Gasteiger partial charge < -0.3 is 14.8 Å². The van der Waals surface area contributed by atoms with E-state index in [1.807, 2.05) is 6.92 Å². The number of nitrogens with one attached hydrogen (secondary N) is 1. The van der Waals surface area contributed by atoms with Crippen LogP contribution in [0.25, 0.3) is 0 Å². The Morgan fingerprint density at radius 1 is 1.35 bits per heavy atom. The number of likely N-dealkylation sites (N-methyl/N-ethyl adjacent to an activating group) is 1. The second kappa shape index (κ2) is 10.1. The normalized spacial score (nSPS) is 15.9. The zero-order valence-electron chi connectivity index (χ0n) is 14.0. The molecule has 0 heterocycles. The zero-order valence-corrected chi connectivity index (χ0v) is 14.0. The van der Waals surface area contributed by atoms with Gasteiger partial charge in [-0.3, -0.25) is 9.69 Å². The molecule has 0 aliphatic heterocycles. The topological polar surface area (TPSA) is 50.8 Å². The molecular formula is C15H32N2O3. The second-order valence-electron chi connectivity index (χ2n) is 5.43. The molecule has 5 nitrogen and oxygen atoms in total. The van der Waals surface area contributed by atoms with Gasteiger partial charge in [0.05, 0.1) is 13.7 Å². The largest absolute Gasteiger partial charge is 0.468 e. The Balaban J connectivity index is 4.60. The van der Waals surface area contributed by atoms with Gasteiger partial charge in [-0.25, -0.2) is 0 Å². The Bertz CT molecular complexity index is 274. The highest BCUT2D eigenvalue weighted by molar-refractivity contribution is 5.80. The molecule has 0 rings (SSSR count). The van der Waals surface area contributed by atoms with Crippen LogP contribution in [-0.4, -0.2) is 62.9 Å². The Hall–Kier alpha value is -0.650. The number of carbonyl (C=O) groups is 1. The van der Waals surface area contributed by atoms with Gasteiger partial charge in [0.25, 0.3) is 0 Å². The molecule has 20 heavy (non-hydrogen) atoms. The number of hydrogen-bond donors (Lipinski definition) is 1. The van der Waals surface area contributed by atoms with Crippen LogP contribution in [0.15, 0.2) is 0 Å². The number of carbonyl (C=O) groups excluding carboxylic acids is 1. The summed E-state index contributed by atoms with van der Waals surface area (Å²) in [6.07, 6.45) is 1.71. The Morgan fingerprint density at radius 3 is 2.45 bits per heavy atom. The van der Waals surface area contributed by atoms with E-state index < -0.39 is 5.54 Å². The van der Waals surface area contributed by atoms with Crippen LogP contribution in [0.4, 0.5) is 0 Å². The highest BCUT2D eigenvalue weighted by Gasteiger charge is 2.34. The fraction of sp³-hybridized carbons (Fsp3) is 0.933. The van der Waals surface area contributed by atoms with Gasteiger partial charge in [0.1, 0.15) is 5.54 Å². The average molecular weight is 288 g/mol. The summed E-state index contributed by atoms with van der Waals surface area (Å²) in [5.41, 5.74) is -0.620. The molecule has 1 N–H and O–H groups in total. The van der Waals surface area contributed by atoms with E-state index in [9.17, 15) is 4.79 Å². The van der Waals surface area contributed by atoms with Crippen molar-refractivity contribution >= 4 is 5.97 Å². The van der Waals surface area contributed by atoms with E-state index in [0.29, 0.717) is 12.6 Å². The first-order chi connectivity index (χ1) is 9.45. The van der Waals surface area contributed by atoms with Gasteiger partial charge in [0.15, 0.2) is 0 Å². The van der Waals surface area contributed by atoms with Crippen LogP contribution < -0.4 is 5.32 Å². The van der Waals surface area contributed by atoms with Crippen LogP contribution in [-0.2, 0) is 14.3 Å². The molecule has 0 aromatic rings. The molecule has 120 valence electrons. The summed E-state index contributed by atoms with van der Waals surface area (Å²) in [6.45, 7) is 11.6. The first kappa shape index (κ1) is 19.4. The van der Waals surface area contributed by atoms with E-state index in [2.05, 4.69) is 31.0 Å². The number of ether oxygens (including phenoxy) is 2. The van der Waals surface area contributed by atoms with Crippen molar-refractivity contribution in [1.82, 2.24) is 10.2 Å². The molecule has 0 saturated heterocycles. The predicted molar refractivity (Wildman–Crippen MR) is 81.9 cm³/mol. The van der Waals surface area contributed by atoms with Crippen LogP contribution in [0.3, 0.4) is 0 Å². The van der Waals surface area contributed by atoms with Crippen LogP contribution in [0.1, 0.15) is 40.5 Å². The van der Waals surface area contributed by atoms with Gasteiger partial charge in [-0.1, -0.05) is 13.8 Å². The maximum Gasteiger partial charge on any atom is 0.325 e. The third-order valence-corrected chi connectivity index (χ3v) is 3.74. The number of methoxy groups -OCH3 is 2. The van der Waals surface area contributed by atoms with Crippen molar-refractivity contribution in [2.24, 2.45) is 0 Å². The molecule has 0 spiro atoms. The van der Waals surface area contributed by atoms with Crippen molar-refractivity contribution in [3.05, 3.63) is 0 Å². The minimum absolute atomic E-state index is 0.193. The molecule has 2 atom stereocenters. The summed E-state index contributed by atoms with van der Waals surface area (Å²) < 4.78 is 10.1. The van der Waals surface area contributed by atoms with Crippen molar-refractivity contribution in [3.8, 4) is 0 Å². The monoisotopic (exact) mass is 288 g/mol. The highest BCUT2D eigenvalue weighted by atomic mass is 16.5. The Kier molecular flexibility index (Phi) is 9.80. The van der Waals surface area contributed by atoms with Crippen LogP contribution in [0, 0.1) is 0 Å². The van der Waals surface area contributed by atoms with E-state index in [-0.39, 0.29) is 5.97 Å². The standard InChI is InChI=1S/C15H32N2O3/c1-7-10-16-15(4,14(18)20-6)9-11-17(8-2)13(3)12-19-5/h13,16H,7-12H2,1-6H3. The average Bonchev–Trinajstić information content (AvgIpc) is 2.45. The molecule has 0 bridgehead atoms. The predicted octanol–water partition coefficient (Wildman–Crippen LogP) is 1.66. The summed E-state index contributed by atoms with van der Waals surface area (Å²) in [6, 6.07) is 0.345. The Labute approximate surface area is 124 Å². The zero-order chi connectivity index (χ0) is 15.6. The smallest absolute Gasteiger partial charge is 0.325 e.